The first-order chi connectivity index (χ1) is 4.39. The van der Waals surface area contributed by atoms with Crippen LogP contribution in [0.1, 0.15) is 0 Å². The average molecular weight is 124 g/mol. The van der Waals surface area contributed by atoms with Gasteiger partial charge in [0.2, 0.25) is 5.91 Å². The summed E-state index contributed by atoms with van der Waals surface area (Å²) in [6.07, 6.45) is 6.72. The molecule has 9 heavy (non-hydrogen) atoms. The summed E-state index contributed by atoms with van der Waals surface area (Å²) in [5, 5.41) is 5.45. The minimum Gasteiger partial charge on any atom is -0.374 e. The maximum absolute atomic E-state index is 10.6. The first-order valence-corrected chi connectivity index (χ1v) is 2.74. The fraction of sp³-hybridized carbons (Fsp3) is 0.167. The van der Waals surface area contributed by atoms with E-state index in [2.05, 4.69) is 10.6 Å². The van der Waals surface area contributed by atoms with Crippen LogP contribution in [0.15, 0.2) is 24.4 Å². The largest absolute Gasteiger partial charge is 0.374 e. The van der Waals surface area contributed by atoms with E-state index in [1.54, 1.807) is 18.4 Å². The number of rotatable bonds is 0. The van der Waals surface area contributed by atoms with Gasteiger partial charge >= 0.3 is 0 Å². The van der Waals surface area contributed by atoms with Gasteiger partial charge in [0.05, 0.1) is 6.67 Å². The third-order valence-electron chi connectivity index (χ3n) is 0.937. The Labute approximate surface area is 53.4 Å². The molecule has 0 aliphatic carbocycles. The van der Waals surface area contributed by atoms with Crippen molar-refractivity contribution < 1.29 is 4.79 Å². The molecule has 3 heteroatoms. The highest BCUT2D eigenvalue weighted by Crippen LogP contribution is 1.78. The Balaban J connectivity index is 2.54. The second-order valence-corrected chi connectivity index (χ2v) is 1.64. The van der Waals surface area contributed by atoms with Crippen molar-refractivity contribution in [1.29, 1.82) is 0 Å². The van der Waals surface area contributed by atoms with Gasteiger partial charge in [-0.25, -0.2) is 0 Å². The SMILES string of the molecule is O=C1C=CC=CNCN1. The van der Waals surface area contributed by atoms with Crippen LogP contribution in [-0.4, -0.2) is 12.6 Å². The van der Waals surface area contributed by atoms with Crippen LogP contribution in [0.25, 0.3) is 0 Å². The van der Waals surface area contributed by atoms with Gasteiger partial charge in [-0.05, 0) is 12.3 Å². The van der Waals surface area contributed by atoms with Gasteiger partial charge in [-0.3, -0.25) is 4.79 Å². The Morgan fingerprint density at radius 3 is 3.22 bits per heavy atom. The van der Waals surface area contributed by atoms with Crippen LogP contribution in [0.4, 0.5) is 0 Å². The van der Waals surface area contributed by atoms with Crippen molar-refractivity contribution in [2.75, 3.05) is 6.67 Å². The van der Waals surface area contributed by atoms with Crippen molar-refractivity contribution in [2.24, 2.45) is 0 Å². The molecule has 1 amide bonds. The number of carbonyl (C=O) groups excluding carboxylic acids is 1. The van der Waals surface area contributed by atoms with Crippen molar-refractivity contribution in [3.05, 3.63) is 24.4 Å². The maximum Gasteiger partial charge on any atom is 0.245 e. The molecule has 0 radical (unpaired) electrons. The Hall–Kier alpha value is -1.25. The number of allylic oxidation sites excluding steroid dienone is 2. The minimum atomic E-state index is -0.0631. The van der Waals surface area contributed by atoms with E-state index in [4.69, 9.17) is 0 Å². The molecule has 0 spiro atoms. The van der Waals surface area contributed by atoms with E-state index in [1.807, 2.05) is 0 Å². The summed E-state index contributed by atoms with van der Waals surface area (Å²) >= 11 is 0. The molecule has 1 aliphatic rings. The summed E-state index contributed by atoms with van der Waals surface area (Å²) in [6, 6.07) is 0. The van der Waals surface area contributed by atoms with E-state index in [9.17, 15) is 4.79 Å². The Morgan fingerprint density at radius 2 is 2.33 bits per heavy atom. The molecule has 0 saturated heterocycles. The van der Waals surface area contributed by atoms with Gasteiger partial charge in [0.15, 0.2) is 0 Å². The lowest BCUT2D eigenvalue weighted by Crippen LogP contribution is -2.30. The number of hydrogen-bond acceptors (Lipinski definition) is 2. The summed E-state index contributed by atoms with van der Waals surface area (Å²) in [4.78, 5) is 10.6. The van der Waals surface area contributed by atoms with Crippen LogP contribution >= 0.6 is 0 Å². The van der Waals surface area contributed by atoms with Gasteiger partial charge < -0.3 is 10.6 Å². The second-order valence-electron chi connectivity index (χ2n) is 1.64. The van der Waals surface area contributed by atoms with Crippen molar-refractivity contribution in [3.8, 4) is 0 Å². The Bertz CT molecular complexity index is 160. The number of carbonyl (C=O) groups is 1. The first kappa shape index (κ1) is 5.88. The van der Waals surface area contributed by atoms with E-state index >= 15 is 0 Å². The molecular weight excluding hydrogens is 116 g/mol. The number of nitrogens with one attached hydrogen (secondary N) is 2. The van der Waals surface area contributed by atoms with Gasteiger partial charge in [-0.2, -0.15) is 0 Å². The quantitative estimate of drug-likeness (QED) is 0.467. The zero-order valence-corrected chi connectivity index (χ0v) is 4.92. The van der Waals surface area contributed by atoms with Crippen LogP contribution < -0.4 is 10.6 Å². The minimum absolute atomic E-state index is 0.0631. The zero-order valence-electron chi connectivity index (χ0n) is 4.92. The molecule has 1 aliphatic heterocycles. The zero-order chi connectivity index (χ0) is 6.53. The van der Waals surface area contributed by atoms with Crippen LogP contribution in [0.3, 0.4) is 0 Å². The predicted molar refractivity (Wildman–Crippen MR) is 34.4 cm³/mol. The van der Waals surface area contributed by atoms with Crippen LogP contribution in [0, 0.1) is 0 Å². The van der Waals surface area contributed by atoms with Crippen molar-refractivity contribution in [2.45, 2.75) is 0 Å². The monoisotopic (exact) mass is 124 g/mol. The standard InChI is InChI=1S/C6H8N2O/c9-6-3-1-2-4-7-5-8-6/h1-4,7H,5H2,(H,8,9). The van der Waals surface area contributed by atoms with E-state index in [1.165, 1.54) is 6.08 Å². The number of amides is 1. The molecule has 0 aromatic carbocycles. The van der Waals surface area contributed by atoms with Gasteiger partial charge in [0.25, 0.3) is 0 Å². The van der Waals surface area contributed by atoms with E-state index < -0.39 is 0 Å². The van der Waals surface area contributed by atoms with E-state index in [0.717, 1.165) is 0 Å². The molecule has 0 atom stereocenters. The lowest BCUT2D eigenvalue weighted by molar-refractivity contribution is -0.116. The smallest absolute Gasteiger partial charge is 0.245 e. The average Bonchev–Trinajstić information content (AvgIpc) is 1.79. The topological polar surface area (TPSA) is 41.1 Å². The van der Waals surface area contributed by atoms with Gasteiger partial charge in [-0.15, -0.1) is 0 Å². The summed E-state index contributed by atoms with van der Waals surface area (Å²) < 4.78 is 0. The Kier molecular flexibility index (Phi) is 1.90. The molecule has 0 bridgehead atoms. The molecule has 0 saturated carbocycles. The second kappa shape index (κ2) is 2.91. The third kappa shape index (κ3) is 1.99. The first-order valence-electron chi connectivity index (χ1n) is 2.74. The molecule has 2 N–H and O–H groups in total. The molecule has 1 rings (SSSR count). The highest BCUT2D eigenvalue weighted by molar-refractivity contribution is 5.87. The third-order valence-corrected chi connectivity index (χ3v) is 0.937. The molecule has 1 heterocycles. The molecule has 0 unspecified atom stereocenters. The van der Waals surface area contributed by atoms with Crippen LogP contribution in [-0.2, 0) is 4.79 Å². The summed E-state index contributed by atoms with van der Waals surface area (Å²) in [6.45, 7) is 0.500. The van der Waals surface area contributed by atoms with E-state index in [0.29, 0.717) is 6.67 Å². The lowest BCUT2D eigenvalue weighted by Gasteiger charge is -2.02. The Morgan fingerprint density at radius 1 is 1.44 bits per heavy atom. The van der Waals surface area contributed by atoms with Gasteiger partial charge in [0.1, 0.15) is 0 Å². The van der Waals surface area contributed by atoms with Crippen molar-refractivity contribution in [1.82, 2.24) is 10.6 Å². The van der Waals surface area contributed by atoms with Crippen molar-refractivity contribution >= 4 is 5.91 Å². The fourth-order valence-corrected chi connectivity index (χ4v) is 0.523. The molecule has 0 aromatic rings. The molecule has 0 aromatic heterocycles. The van der Waals surface area contributed by atoms with Crippen LogP contribution in [0.2, 0.25) is 0 Å². The fourth-order valence-electron chi connectivity index (χ4n) is 0.523. The normalized spacial score (nSPS) is 17.6. The molecule has 3 nitrogen and oxygen atoms in total. The highest BCUT2D eigenvalue weighted by atomic mass is 16.1. The van der Waals surface area contributed by atoms with E-state index in [-0.39, 0.29) is 5.91 Å². The summed E-state index contributed by atoms with van der Waals surface area (Å²) in [7, 11) is 0. The number of hydrogen-bond donors (Lipinski definition) is 2. The molecule has 0 fully saturated rings. The summed E-state index contributed by atoms with van der Waals surface area (Å²) in [5.41, 5.74) is 0. The molecule has 48 valence electrons. The predicted octanol–water partition coefficient (Wildman–Crippen LogP) is -0.267. The van der Waals surface area contributed by atoms with Gasteiger partial charge in [0, 0.05) is 6.08 Å². The lowest BCUT2D eigenvalue weighted by atomic mass is 10.4. The van der Waals surface area contributed by atoms with Crippen LogP contribution in [0.5, 0.6) is 0 Å². The maximum atomic E-state index is 10.6. The highest BCUT2D eigenvalue weighted by Gasteiger charge is 1.91. The summed E-state index contributed by atoms with van der Waals surface area (Å²) in [5.74, 6) is -0.0631. The molecular formula is C6H8N2O. The van der Waals surface area contributed by atoms with Crippen molar-refractivity contribution in [3.63, 3.8) is 0 Å². The van der Waals surface area contributed by atoms with Gasteiger partial charge in [-0.1, -0.05) is 6.08 Å².